The lowest BCUT2D eigenvalue weighted by Gasteiger charge is -2.30. The second-order valence-electron chi connectivity index (χ2n) is 6.21. The number of carboxylic acid groups (broad SMARTS) is 1. The van der Waals surface area contributed by atoms with Crippen LogP contribution in [-0.2, 0) is 9.59 Å². The number of carbonyl (C=O) groups excluding carboxylic acids is 1. The minimum absolute atomic E-state index is 0.0876. The van der Waals surface area contributed by atoms with E-state index in [0.29, 0.717) is 19.6 Å². The highest BCUT2D eigenvalue weighted by atomic mass is 16.5. The summed E-state index contributed by atoms with van der Waals surface area (Å²) < 4.78 is 5.48. The number of hydrogen-bond acceptors (Lipinski definition) is 4. The maximum Gasteiger partial charge on any atom is 0.307 e. The van der Waals surface area contributed by atoms with Gasteiger partial charge in [-0.25, -0.2) is 0 Å². The lowest BCUT2D eigenvalue weighted by Crippen LogP contribution is -2.44. The lowest BCUT2D eigenvalue weighted by atomic mass is 9.98. The summed E-state index contributed by atoms with van der Waals surface area (Å²) in [6.07, 6.45) is 1.50. The van der Waals surface area contributed by atoms with Crippen LogP contribution in [0.2, 0.25) is 0 Å². The first-order valence-corrected chi connectivity index (χ1v) is 8.47. The van der Waals surface area contributed by atoms with Gasteiger partial charge in [-0.1, -0.05) is 12.1 Å². The zero-order chi connectivity index (χ0) is 17.5. The molecule has 1 saturated heterocycles. The van der Waals surface area contributed by atoms with Crippen molar-refractivity contribution in [2.75, 3.05) is 26.2 Å². The highest BCUT2D eigenvalue weighted by Gasteiger charge is 2.26. The molecule has 0 saturated carbocycles. The third kappa shape index (κ3) is 5.23. The molecule has 6 nitrogen and oxygen atoms in total. The third-order valence-electron chi connectivity index (χ3n) is 4.27. The van der Waals surface area contributed by atoms with Gasteiger partial charge in [-0.05, 0) is 50.9 Å². The fraction of sp³-hybridized carbons (Fsp3) is 0.556. The normalized spacial score (nSPS) is 19.5. The standard InChI is InChI=1S/C18H26N2O4/c1-3-24-16-8-4-6-14(10-16)13(2)19-17(21)12-20-9-5-7-15(11-20)18(22)23/h4,6,8,10,13,15H,3,5,7,9,11-12H2,1-2H3,(H,19,21)(H,22,23). The van der Waals surface area contributed by atoms with Gasteiger partial charge in [0, 0.05) is 6.54 Å². The summed E-state index contributed by atoms with van der Waals surface area (Å²) in [4.78, 5) is 25.3. The first-order chi connectivity index (χ1) is 11.5. The summed E-state index contributed by atoms with van der Waals surface area (Å²) >= 11 is 0. The largest absolute Gasteiger partial charge is 0.494 e. The Hall–Kier alpha value is -2.08. The minimum atomic E-state index is -0.777. The van der Waals surface area contributed by atoms with E-state index in [9.17, 15) is 9.59 Å². The predicted octanol–water partition coefficient (Wildman–Crippen LogP) is 2.06. The zero-order valence-corrected chi connectivity index (χ0v) is 14.3. The first kappa shape index (κ1) is 18.3. The van der Waals surface area contributed by atoms with E-state index in [2.05, 4.69) is 5.32 Å². The second-order valence-corrected chi connectivity index (χ2v) is 6.21. The number of aliphatic carboxylic acids is 1. The number of likely N-dealkylation sites (tertiary alicyclic amines) is 1. The van der Waals surface area contributed by atoms with Crippen LogP contribution in [0.3, 0.4) is 0 Å². The Morgan fingerprint density at radius 3 is 2.96 bits per heavy atom. The summed E-state index contributed by atoms with van der Waals surface area (Å²) in [6.45, 7) is 5.91. The summed E-state index contributed by atoms with van der Waals surface area (Å²) in [5.41, 5.74) is 0.983. The van der Waals surface area contributed by atoms with Gasteiger partial charge in [-0.3, -0.25) is 14.5 Å². The van der Waals surface area contributed by atoms with Crippen molar-refractivity contribution < 1.29 is 19.4 Å². The zero-order valence-electron chi connectivity index (χ0n) is 14.3. The second kappa shape index (κ2) is 8.68. The number of benzene rings is 1. The number of rotatable bonds is 7. The third-order valence-corrected chi connectivity index (χ3v) is 4.27. The highest BCUT2D eigenvalue weighted by Crippen LogP contribution is 2.20. The number of hydrogen-bond donors (Lipinski definition) is 2. The molecular formula is C18H26N2O4. The molecule has 1 fully saturated rings. The molecule has 6 heteroatoms. The summed E-state index contributed by atoms with van der Waals surface area (Å²) in [5, 5.41) is 12.1. The number of nitrogens with one attached hydrogen (secondary N) is 1. The Morgan fingerprint density at radius 2 is 2.25 bits per heavy atom. The summed E-state index contributed by atoms with van der Waals surface area (Å²) in [6, 6.07) is 7.55. The van der Waals surface area contributed by atoms with E-state index in [0.717, 1.165) is 24.3 Å². The van der Waals surface area contributed by atoms with E-state index >= 15 is 0 Å². The Balaban J connectivity index is 1.87. The average molecular weight is 334 g/mol. The summed E-state index contributed by atoms with van der Waals surface area (Å²) in [7, 11) is 0. The molecule has 2 N–H and O–H groups in total. The van der Waals surface area contributed by atoms with Crippen molar-refractivity contribution >= 4 is 11.9 Å². The van der Waals surface area contributed by atoms with Gasteiger partial charge in [0.2, 0.25) is 5.91 Å². The topological polar surface area (TPSA) is 78.9 Å². The van der Waals surface area contributed by atoms with E-state index in [-0.39, 0.29) is 24.4 Å². The van der Waals surface area contributed by atoms with Crippen molar-refractivity contribution in [1.29, 1.82) is 0 Å². The van der Waals surface area contributed by atoms with E-state index in [1.54, 1.807) is 0 Å². The Morgan fingerprint density at radius 1 is 1.46 bits per heavy atom. The molecule has 2 unspecified atom stereocenters. The molecule has 0 bridgehead atoms. The molecule has 132 valence electrons. The number of carbonyl (C=O) groups is 2. The molecule has 0 aromatic heterocycles. The molecule has 0 spiro atoms. The number of piperidine rings is 1. The molecule has 1 aliphatic rings. The van der Waals surface area contributed by atoms with E-state index < -0.39 is 5.97 Å². The molecule has 1 aromatic carbocycles. The number of ether oxygens (including phenoxy) is 1. The van der Waals surface area contributed by atoms with Crippen LogP contribution in [0.1, 0.15) is 38.3 Å². The average Bonchev–Trinajstić information content (AvgIpc) is 2.55. The Labute approximate surface area is 142 Å². The van der Waals surface area contributed by atoms with Crippen molar-refractivity contribution in [2.24, 2.45) is 5.92 Å². The van der Waals surface area contributed by atoms with Crippen molar-refractivity contribution in [3.05, 3.63) is 29.8 Å². The van der Waals surface area contributed by atoms with Crippen LogP contribution in [0, 0.1) is 5.92 Å². The molecule has 24 heavy (non-hydrogen) atoms. The van der Waals surface area contributed by atoms with Crippen LogP contribution in [-0.4, -0.2) is 48.1 Å². The Bertz CT molecular complexity index is 576. The number of carboxylic acids is 1. The van der Waals surface area contributed by atoms with E-state index in [1.165, 1.54) is 0 Å². The molecule has 1 aliphatic heterocycles. The first-order valence-electron chi connectivity index (χ1n) is 8.47. The number of nitrogens with zero attached hydrogens (tertiary/aromatic N) is 1. The lowest BCUT2D eigenvalue weighted by molar-refractivity contribution is -0.144. The van der Waals surface area contributed by atoms with Crippen LogP contribution in [0.4, 0.5) is 0 Å². The van der Waals surface area contributed by atoms with Gasteiger partial charge in [0.25, 0.3) is 0 Å². The SMILES string of the molecule is CCOc1cccc(C(C)NC(=O)CN2CCCC(C(=O)O)C2)c1. The fourth-order valence-electron chi connectivity index (χ4n) is 3.01. The molecule has 0 aliphatic carbocycles. The van der Waals surface area contributed by atoms with Crippen LogP contribution < -0.4 is 10.1 Å². The minimum Gasteiger partial charge on any atom is -0.494 e. The molecule has 1 heterocycles. The van der Waals surface area contributed by atoms with E-state index in [1.807, 2.05) is 43.0 Å². The molecule has 1 aromatic rings. The molecule has 0 radical (unpaired) electrons. The van der Waals surface area contributed by atoms with Gasteiger partial charge in [-0.2, -0.15) is 0 Å². The van der Waals surface area contributed by atoms with Gasteiger partial charge in [0.1, 0.15) is 5.75 Å². The monoisotopic (exact) mass is 334 g/mol. The number of amides is 1. The molecule has 1 amide bonds. The van der Waals surface area contributed by atoms with Crippen LogP contribution in [0.25, 0.3) is 0 Å². The summed E-state index contributed by atoms with van der Waals surface area (Å²) in [5.74, 6) is -0.445. The molecule has 2 atom stereocenters. The van der Waals surface area contributed by atoms with Crippen LogP contribution in [0.5, 0.6) is 5.75 Å². The van der Waals surface area contributed by atoms with Gasteiger partial charge in [0.15, 0.2) is 0 Å². The van der Waals surface area contributed by atoms with Crippen molar-refractivity contribution in [2.45, 2.75) is 32.7 Å². The van der Waals surface area contributed by atoms with Crippen molar-refractivity contribution in [1.82, 2.24) is 10.2 Å². The smallest absolute Gasteiger partial charge is 0.307 e. The van der Waals surface area contributed by atoms with Crippen molar-refractivity contribution in [3.63, 3.8) is 0 Å². The maximum atomic E-state index is 12.3. The van der Waals surface area contributed by atoms with Gasteiger partial charge in [0.05, 0.1) is 25.1 Å². The highest BCUT2D eigenvalue weighted by molar-refractivity contribution is 5.78. The van der Waals surface area contributed by atoms with Crippen molar-refractivity contribution in [3.8, 4) is 5.75 Å². The van der Waals surface area contributed by atoms with Crippen LogP contribution >= 0.6 is 0 Å². The van der Waals surface area contributed by atoms with Crippen LogP contribution in [0.15, 0.2) is 24.3 Å². The maximum absolute atomic E-state index is 12.3. The predicted molar refractivity (Wildman–Crippen MR) is 91.0 cm³/mol. The quantitative estimate of drug-likeness (QED) is 0.798. The molecular weight excluding hydrogens is 308 g/mol. The van der Waals surface area contributed by atoms with Gasteiger partial charge >= 0.3 is 5.97 Å². The van der Waals surface area contributed by atoms with Gasteiger partial charge < -0.3 is 15.2 Å². The van der Waals surface area contributed by atoms with E-state index in [4.69, 9.17) is 9.84 Å². The Kier molecular flexibility index (Phi) is 6.61. The fourth-order valence-corrected chi connectivity index (χ4v) is 3.01. The molecule has 2 rings (SSSR count). The van der Waals surface area contributed by atoms with Gasteiger partial charge in [-0.15, -0.1) is 0 Å².